The molecule has 0 aliphatic rings. The molecule has 0 radical (unpaired) electrons. The summed E-state index contributed by atoms with van der Waals surface area (Å²) in [5.41, 5.74) is 2.75. The van der Waals surface area contributed by atoms with Crippen LogP contribution in [0.5, 0.6) is 0 Å². The quantitative estimate of drug-likeness (QED) is 0.629. The second-order valence-corrected chi connectivity index (χ2v) is 5.39. The van der Waals surface area contributed by atoms with Gasteiger partial charge in [0.1, 0.15) is 6.54 Å². The average Bonchev–Trinajstić information content (AvgIpc) is 3.23. The molecule has 4 aromatic rings. The molecule has 4 rings (SSSR count). The van der Waals surface area contributed by atoms with Crippen molar-refractivity contribution in [2.45, 2.75) is 6.54 Å². The molecule has 0 spiro atoms. The summed E-state index contributed by atoms with van der Waals surface area (Å²) >= 11 is 0. The van der Waals surface area contributed by atoms with Gasteiger partial charge in [-0.15, -0.1) is 0 Å². The van der Waals surface area contributed by atoms with Gasteiger partial charge in [-0.25, -0.2) is 9.67 Å². The number of nitrogens with zero attached hydrogens (tertiary/aromatic N) is 4. The van der Waals surface area contributed by atoms with E-state index in [1.54, 1.807) is 17.1 Å². The van der Waals surface area contributed by atoms with E-state index < -0.39 is 0 Å². The molecule has 0 atom stereocenters. The van der Waals surface area contributed by atoms with E-state index in [4.69, 9.17) is 0 Å². The summed E-state index contributed by atoms with van der Waals surface area (Å²) in [5.74, 6) is 0.379. The van der Waals surface area contributed by atoms with E-state index in [0.29, 0.717) is 5.82 Å². The number of benzene rings is 2. The van der Waals surface area contributed by atoms with Crippen molar-refractivity contribution in [2.24, 2.45) is 0 Å². The molecule has 2 aromatic heterocycles. The van der Waals surface area contributed by atoms with Gasteiger partial charge in [0.2, 0.25) is 5.91 Å². The minimum atomic E-state index is -0.142. The lowest BCUT2D eigenvalue weighted by molar-refractivity contribution is -0.116. The Labute approximate surface area is 138 Å². The molecule has 0 fully saturated rings. The van der Waals surface area contributed by atoms with Crippen molar-refractivity contribution in [3.05, 3.63) is 73.2 Å². The fraction of sp³-hybridized carbons (Fsp3) is 0.0556. The molecular formula is C18H15N5O. The molecule has 2 heterocycles. The van der Waals surface area contributed by atoms with E-state index in [0.717, 1.165) is 16.7 Å². The van der Waals surface area contributed by atoms with Crippen LogP contribution in [0.15, 0.2) is 73.2 Å². The summed E-state index contributed by atoms with van der Waals surface area (Å²) < 4.78 is 3.54. The topological polar surface area (TPSA) is 64.7 Å². The van der Waals surface area contributed by atoms with Gasteiger partial charge in [-0.2, -0.15) is 5.10 Å². The zero-order valence-electron chi connectivity index (χ0n) is 12.8. The highest BCUT2D eigenvalue weighted by atomic mass is 16.2. The molecule has 1 N–H and O–H groups in total. The Hall–Kier alpha value is -3.41. The van der Waals surface area contributed by atoms with E-state index in [1.807, 2.05) is 65.4 Å². The first-order valence-electron chi connectivity index (χ1n) is 7.60. The number of hydrogen-bond acceptors (Lipinski definition) is 3. The Kier molecular flexibility index (Phi) is 3.55. The van der Waals surface area contributed by atoms with Crippen molar-refractivity contribution in [2.75, 3.05) is 5.32 Å². The lowest BCUT2D eigenvalue weighted by atomic mass is 10.3. The lowest BCUT2D eigenvalue weighted by Gasteiger charge is -2.04. The second kappa shape index (κ2) is 6.00. The van der Waals surface area contributed by atoms with Crippen LogP contribution < -0.4 is 5.32 Å². The third kappa shape index (κ3) is 2.77. The zero-order valence-corrected chi connectivity index (χ0v) is 12.8. The standard InChI is InChI=1S/C18H15N5O/c24-18(12-22-13-19-15-8-4-5-9-16(15)22)20-17-10-11-23(21-17)14-6-2-1-3-7-14/h1-11,13H,12H2,(H,20,21,24). The van der Waals surface area contributed by atoms with E-state index in [-0.39, 0.29) is 12.5 Å². The number of rotatable bonds is 4. The Morgan fingerprint density at radius 2 is 1.79 bits per heavy atom. The fourth-order valence-corrected chi connectivity index (χ4v) is 2.59. The van der Waals surface area contributed by atoms with E-state index in [2.05, 4.69) is 15.4 Å². The Bertz CT molecular complexity index is 987. The summed E-state index contributed by atoms with van der Waals surface area (Å²) in [7, 11) is 0. The van der Waals surface area contributed by atoms with Crippen LogP contribution in [-0.2, 0) is 11.3 Å². The van der Waals surface area contributed by atoms with Gasteiger partial charge in [-0.3, -0.25) is 4.79 Å². The Morgan fingerprint density at radius 1 is 1.00 bits per heavy atom. The highest BCUT2D eigenvalue weighted by Gasteiger charge is 2.09. The van der Waals surface area contributed by atoms with Crippen molar-refractivity contribution in [3.63, 3.8) is 0 Å². The summed E-state index contributed by atoms with van der Waals surface area (Å²) in [6, 6.07) is 19.2. The van der Waals surface area contributed by atoms with Crippen molar-refractivity contribution >= 4 is 22.8 Å². The van der Waals surface area contributed by atoms with Gasteiger partial charge in [0, 0.05) is 12.3 Å². The third-order valence-corrected chi connectivity index (χ3v) is 3.72. The fourth-order valence-electron chi connectivity index (χ4n) is 2.59. The van der Waals surface area contributed by atoms with Crippen LogP contribution in [-0.4, -0.2) is 25.2 Å². The molecule has 1 amide bonds. The number of anilines is 1. The van der Waals surface area contributed by atoms with Crippen molar-refractivity contribution < 1.29 is 4.79 Å². The molecule has 6 heteroatoms. The van der Waals surface area contributed by atoms with Gasteiger partial charge in [-0.1, -0.05) is 30.3 Å². The SMILES string of the molecule is O=C(Cn1cnc2ccccc21)Nc1ccn(-c2ccccc2)n1. The summed E-state index contributed by atoms with van der Waals surface area (Å²) in [4.78, 5) is 16.5. The minimum absolute atomic E-state index is 0.142. The number of carbonyl (C=O) groups is 1. The number of carbonyl (C=O) groups excluding carboxylic acids is 1. The average molecular weight is 317 g/mol. The van der Waals surface area contributed by atoms with Crippen molar-refractivity contribution in [1.29, 1.82) is 0 Å². The van der Waals surface area contributed by atoms with Gasteiger partial charge < -0.3 is 9.88 Å². The van der Waals surface area contributed by atoms with Gasteiger partial charge >= 0.3 is 0 Å². The van der Waals surface area contributed by atoms with Crippen molar-refractivity contribution in [3.8, 4) is 5.69 Å². The molecular weight excluding hydrogens is 302 g/mol. The molecule has 24 heavy (non-hydrogen) atoms. The number of nitrogens with one attached hydrogen (secondary N) is 1. The van der Waals surface area contributed by atoms with Crippen LogP contribution in [0, 0.1) is 0 Å². The molecule has 0 unspecified atom stereocenters. The number of imidazole rings is 1. The maximum absolute atomic E-state index is 12.3. The van der Waals surface area contributed by atoms with Gasteiger partial charge in [0.05, 0.1) is 23.0 Å². The first-order valence-corrected chi connectivity index (χ1v) is 7.60. The minimum Gasteiger partial charge on any atom is -0.321 e. The number of aromatic nitrogens is 4. The zero-order chi connectivity index (χ0) is 16.4. The third-order valence-electron chi connectivity index (χ3n) is 3.72. The molecule has 2 aromatic carbocycles. The van der Waals surface area contributed by atoms with Crippen LogP contribution in [0.25, 0.3) is 16.7 Å². The molecule has 6 nitrogen and oxygen atoms in total. The van der Waals surface area contributed by atoms with E-state index in [1.165, 1.54) is 0 Å². The monoisotopic (exact) mass is 317 g/mol. The Balaban J connectivity index is 1.48. The summed E-state index contributed by atoms with van der Waals surface area (Å²) in [5, 5.41) is 7.19. The van der Waals surface area contributed by atoms with E-state index in [9.17, 15) is 4.79 Å². The van der Waals surface area contributed by atoms with Crippen LogP contribution in [0.3, 0.4) is 0 Å². The smallest absolute Gasteiger partial charge is 0.245 e. The van der Waals surface area contributed by atoms with Crippen LogP contribution in [0.4, 0.5) is 5.82 Å². The first kappa shape index (κ1) is 14.2. The number of fused-ring (bicyclic) bond motifs is 1. The van der Waals surface area contributed by atoms with Crippen LogP contribution in [0.2, 0.25) is 0 Å². The molecule has 0 bridgehead atoms. The summed E-state index contributed by atoms with van der Waals surface area (Å²) in [6.45, 7) is 0.193. The highest BCUT2D eigenvalue weighted by molar-refractivity contribution is 5.90. The van der Waals surface area contributed by atoms with Gasteiger partial charge in [0.25, 0.3) is 0 Å². The normalized spacial score (nSPS) is 10.8. The van der Waals surface area contributed by atoms with Gasteiger partial charge in [0.15, 0.2) is 5.82 Å². The molecule has 118 valence electrons. The van der Waals surface area contributed by atoms with Crippen LogP contribution >= 0.6 is 0 Å². The second-order valence-electron chi connectivity index (χ2n) is 5.39. The summed E-state index contributed by atoms with van der Waals surface area (Å²) in [6.07, 6.45) is 3.49. The maximum Gasteiger partial charge on any atom is 0.245 e. The predicted molar refractivity (Wildman–Crippen MR) is 91.9 cm³/mol. The first-order chi connectivity index (χ1) is 11.8. The number of hydrogen-bond donors (Lipinski definition) is 1. The van der Waals surface area contributed by atoms with Gasteiger partial charge in [-0.05, 0) is 24.3 Å². The molecule has 0 saturated heterocycles. The number of para-hydroxylation sites is 3. The number of amides is 1. The Morgan fingerprint density at radius 3 is 2.67 bits per heavy atom. The highest BCUT2D eigenvalue weighted by Crippen LogP contribution is 2.13. The lowest BCUT2D eigenvalue weighted by Crippen LogP contribution is -2.18. The van der Waals surface area contributed by atoms with E-state index >= 15 is 0 Å². The van der Waals surface area contributed by atoms with Crippen LogP contribution in [0.1, 0.15) is 0 Å². The maximum atomic E-state index is 12.3. The molecule has 0 saturated carbocycles. The predicted octanol–water partition coefficient (Wildman–Crippen LogP) is 2.86. The van der Waals surface area contributed by atoms with Crippen molar-refractivity contribution in [1.82, 2.24) is 19.3 Å². The largest absolute Gasteiger partial charge is 0.321 e. The molecule has 0 aliphatic heterocycles. The molecule has 0 aliphatic carbocycles.